The monoisotopic (exact) mass is 124 g/mol. The SMILES string of the molecule is NN.O.[Na+].[O-]Cl. The summed E-state index contributed by atoms with van der Waals surface area (Å²) in [4.78, 5) is 0. The van der Waals surface area contributed by atoms with Crippen LogP contribution < -0.4 is 45.9 Å². The van der Waals surface area contributed by atoms with Gasteiger partial charge >= 0.3 is 29.6 Å². The predicted molar refractivity (Wildman–Crippen MR) is 17.8 cm³/mol. The molecule has 0 aromatic rings. The molecule has 0 unspecified atom stereocenters. The van der Waals surface area contributed by atoms with Crippen LogP contribution in [0.3, 0.4) is 0 Å². The smallest absolute Gasteiger partial charge is 0.769 e. The molecule has 6 heteroatoms. The van der Waals surface area contributed by atoms with Crippen LogP contribution in [0.1, 0.15) is 0 Å². The summed E-state index contributed by atoms with van der Waals surface area (Å²) in [7, 11) is 0. The van der Waals surface area contributed by atoms with Crippen LogP contribution in [0.25, 0.3) is 0 Å². The molecule has 6 N–H and O–H groups in total. The van der Waals surface area contributed by atoms with Gasteiger partial charge in [-0.05, 0) is 0 Å². The Labute approximate surface area is 63.2 Å². The van der Waals surface area contributed by atoms with Crippen LogP contribution >= 0.6 is 11.9 Å². The largest absolute Gasteiger partial charge is 1.00 e. The van der Waals surface area contributed by atoms with Crippen molar-refractivity contribution in [3.05, 3.63) is 0 Å². The number of hydrazine groups is 1. The van der Waals surface area contributed by atoms with Gasteiger partial charge in [-0.2, -0.15) is 0 Å². The van der Waals surface area contributed by atoms with E-state index in [0.717, 1.165) is 0 Å². The molecular formula is H6ClN2NaO2. The Kier molecular flexibility index (Phi) is 576. The Morgan fingerprint density at radius 2 is 1.17 bits per heavy atom. The van der Waals surface area contributed by atoms with Crippen molar-refractivity contribution >= 4 is 11.9 Å². The molecule has 0 rings (SSSR count). The van der Waals surface area contributed by atoms with E-state index in [0.29, 0.717) is 0 Å². The van der Waals surface area contributed by atoms with Gasteiger partial charge in [-0.15, -0.1) is 0 Å². The molecule has 0 fully saturated rings. The number of halogens is 1. The van der Waals surface area contributed by atoms with Crippen LogP contribution in [-0.2, 0) is 0 Å². The standard InChI is InChI=1S/ClO.H4N2.Na.H2O/c2*1-2;;/h;1-2H2;;1H2/q-1;;+1;. The second kappa shape index (κ2) is 126. The van der Waals surface area contributed by atoms with Crippen LogP contribution in [0.5, 0.6) is 0 Å². The first-order valence-corrected chi connectivity index (χ1v) is 0.796. The molecule has 0 amide bonds. The maximum atomic E-state index is 7.72. The van der Waals surface area contributed by atoms with E-state index >= 15 is 0 Å². The number of hydrogen-bond donors (Lipinski definition) is 2. The van der Waals surface area contributed by atoms with Crippen molar-refractivity contribution in [2.45, 2.75) is 0 Å². The normalized spacial score (nSPS) is 2.00. The van der Waals surface area contributed by atoms with Crippen molar-refractivity contribution in [3.63, 3.8) is 0 Å². The number of rotatable bonds is 0. The van der Waals surface area contributed by atoms with Crippen LogP contribution in [0.4, 0.5) is 0 Å². The van der Waals surface area contributed by atoms with Crippen molar-refractivity contribution < 1.29 is 39.7 Å². The molecule has 0 atom stereocenters. The fourth-order valence-corrected chi connectivity index (χ4v) is 0. The predicted octanol–water partition coefficient (Wildman–Crippen LogP) is -5.50. The Morgan fingerprint density at radius 3 is 1.17 bits per heavy atom. The third-order valence-corrected chi connectivity index (χ3v) is 0. The van der Waals surface area contributed by atoms with E-state index in [1.807, 2.05) is 0 Å². The quantitative estimate of drug-likeness (QED) is 0.191. The Bertz CT molecular complexity index is 11.5. The van der Waals surface area contributed by atoms with Crippen molar-refractivity contribution in [3.8, 4) is 0 Å². The van der Waals surface area contributed by atoms with E-state index in [2.05, 4.69) is 23.6 Å². The number of hydrogen-bond acceptors (Lipinski definition) is 3. The summed E-state index contributed by atoms with van der Waals surface area (Å²) >= 11 is 3.39. The first kappa shape index (κ1) is 27.3. The Hall–Kier alpha value is 1.13. The average molecular weight is 125 g/mol. The van der Waals surface area contributed by atoms with E-state index in [9.17, 15) is 0 Å². The molecule has 0 saturated heterocycles. The van der Waals surface area contributed by atoms with Crippen molar-refractivity contribution in [1.82, 2.24) is 0 Å². The maximum absolute atomic E-state index is 7.72. The zero-order chi connectivity index (χ0) is 4.00. The molecule has 0 saturated carbocycles. The van der Waals surface area contributed by atoms with Gasteiger partial charge in [0.25, 0.3) is 0 Å². The molecule has 4 nitrogen and oxygen atoms in total. The van der Waals surface area contributed by atoms with Crippen LogP contribution in [0.15, 0.2) is 0 Å². The van der Waals surface area contributed by atoms with Gasteiger partial charge in [-0.25, -0.2) is 11.9 Å². The first-order valence-electron chi connectivity index (χ1n) is 0.488. The van der Waals surface area contributed by atoms with Crippen LogP contribution in [0.2, 0.25) is 0 Å². The van der Waals surface area contributed by atoms with Gasteiger partial charge in [0.1, 0.15) is 0 Å². The summed E-state index contributed by atoms with van der Waals surface area (Å²) in [5.74, 6) is 8.00. The summed E-state index contributed by atoms with van der Waals surface area (Å²) in [5.41, 5.74) is 0. The van der Waals surface area contributed by atoms with E-state index in [1.165, 1.54) is 0 Å². The van der Waals surface area contributed by atoms with E-state index in [-0.39, 0.29) is 35.0 Å². The Balaban J connectivity index is -0.00000000500. The van der Waals surface area contributed by atoms with Crippen molar-refractivity contribution in [2.24, 2.45) is 11.7 Å². The third-order valence-electron chi connectivity index (χ3n) is 0. The van der Waals surface area contributed by atoms with Gasteiger partial charge in [0.2, 0.25) is 0 Å². The molecule has 0 aliphatic heterocycles. The fourth-order valence-electron chi connectivity index (χ4n) is 0. The van der Waals surface area contributed by atoms with Crippen molar-refractivity contribution in [1.29, 1.82) is 0 Å². The maximum Gasteiger partial charge on any atom is 1.00 e. The summed E-state index contributed by atoms with van der Waals surface area (Å²) < 4.78 is 7.72. The van der Waals surface area contributed by atoms with Crippen LogP contribution in [0, 0.1) is 0 Å². The minimum absolute atomic E-state index is 0. The molecule has 0 aliphatic rings. The summed E-state index contributed by atoms with van der Waals surface area (Å²) in [6.07, 6.45) is 0. The second-order valence-electron chi connectivity index (χ2n) is 0. The fraction of sp³-hybridized carbons (Fsp3) is 0. The molecule has 0 radical (unpaired) electrons. The second-order valence-corrected chi connectivity index (χ2v) is 0. The summed E-state index contributed by atoms with van der Waals surface area (Å²) in [6.45, 7) is 0. The zero-order valence-corrected chi connectivity index (χ0v) is 6.20. The van der Waals surface area contributed by atoms with E-state index in [1.54, 1.807) is 0 Å². The Morgan fingerprint density at radius 1 is 1.17 bits per heavy atom. The first-order chi connectivity index (χ1) is 2.00. The molecule has 0 heterocycles. The van der Waals surface area contributed by atoms with Gasteiger partial charge in [0, 0.05) is 0 Å². The van der Waals surface area contributed by atoms with E-state index in [4.69, 9.17) is 4.66 Å². The molecule has 36 valence electrons. The van der Waals surface area contributed by atoms with Gasteiger partial charge in [-0.1, -0.05) is 0 Å². The van der Waals surface area contributed by atoms with Gasteiger partial charge < -0.3 is 10.1 Å². The number of nitrogens with two attached hydrogens (primary N) is 2. The molecule has 0 bridgehead atoms. The molecule has 0 spiro atoms. The molecule has 0 aromatic heterocycles. The topological polar surface area (TPSA) is 107 Å². The molecular weight excluding hydrogens is 118 g/mol. The van der Waals surface area contributed by atoms with Gasteiger partial charge in [0.15, 0.2) is 0 Å². The third kappa shape index (κ3) is 68.5. The minimum atomic E-state index is 0. The molecule has 6 heavy (non-hydrogen) atoms. The van der Waals surface area contributed by atoms with E-state index < -0.39 is 0 Å². The summed E-state index contributed by atoms with van der Waals surface area (Å²) in [5, 5.41) is 0. The van der Waals surface area contributed by atoms with Gasteiger partial charge in [-0.3, -0.25) is 11.7 Å². The average Bonchev–Trinajstić information content (AvgIpc) is 1.50. The van der Waals surface area contributed by atoms with Gasteiger partial charge in [0.05, 0.1) is 0 Å². The molecule has 0 aliphatic carbocycles. The summed E-state index contributed by atoms with van der Waals surface area (Å²) in [6, 6.07) is 0. The zero-order valence-electron chi connectivity index (χ0n) is 3.44. The molecule has 0 aromatic carbocycles. The van der Waals surface area contributed by atoms with Crippen molar-refractivity contribution in [2.75, 3.05) is 0 Å². The van der Waals surface area contributed by atoms with Crippen LogP contribution in [-0.4, -0.2) is 5.48 Å². The minimum Gasteiger partial charge on any atom is -0.769 e.